The second kappa shape index (κ2) is 9.30. The van der Waals surface area contributed by atoms with Crippen LogP contribution in [0.1, 0.15) is 29.5 Å². The summed E-state index contributed by atoms with van der Waals surface area (Å²) in [5.74, 6) is -1.38. The zero-order valence-corrected chi connectivity index (χ0v) is 24.5. The fourth-order valence-corrected chi connectivity index (χ4v) is 8.81. The SMILES string of the molecule is Cc1ccc(N2C[C@H](C(=O)Oc3ccc(N4C(=O)[C@@H]5[C@H]6C[C@@H]([C@H](Br)[C@H]6Br)[C@H]5C4=O)c(C)c3)CC2=O)c(C)c1. The van der Waals surface area contributed by atoms with Crippen molar-refractivity contribution in [2.45, 2.75) is 43.3 Å². The van der Waals surface area contributed by atoms with Crippen LogP contribution in [0.2, 0.25) is 0 Å². The second-order valence-corrected chi connectivity index (χ2v) is 13.2. The lowest BCUT2D eigenvalue weighted by atomic mass is 9.81. The third-order valence-electron chi connectivity index (χ3n) is 8.72. The summed E-state index contributed by atoms with van der Waals surface area (Å²) in [6, 6.07) is 10.8. The Morgan fingerprint density at radius 1 is 0.868 bits per heavy atom. The fraction of sp³-hybridized carbons (Fsp3) is 0.448. The van der Waals surface area contributed by atoms with E-state index in [1.165, 1.54) is 4.90 Å². The molecule has 0 N–H and O–H groups in total. The van der Waals surface area contributed by atoms with Crippen LogP contribution in [-0.2, 0) is 19.2 Å². The molecule has 9 heteroatoms. The van der Waals surface area contributed by atoms with Crippen molar-refractivity contribution in [3.05, 3.63) is 53.1 Å². The Morgan fingerprint density at radius 3 is 2.08 bits per heavy atom. The molecule has 7 atom stereocenters. The first kappa shape index (κ1) is 25.7. The lowest BCUT2D eigenvalue weighted by Crippen LogP contribution is -2.37. The number of fused-ring (bicyclic) bond motifs is 5. The Labute approximate surface area is 238 Å². The van der Waals surface area contributed by atoms with Crippen LogP contribution in [0.15, 0.2) is 36.4 Å². The molecule has 198 valence electrons. The molecule has 4 aliphatic rings. The van der Waals surface area contributed by atoms with E-state index < -0.39 is 11.9 Å². The Balaban J connectivity index is 1.16. The summed E-state index contributed by atoms with van der Waals surface area (Å²) in [6.45, 7) is 6.02. The van der Waals surface area contributed by atoms with E-state index in [0.29, 0.717) is 17.0 Å². The van der Waals surface area contributed by atoms with Gasteiger partial charge in [0.15, 0.2) is 0 Å². The molecule has 2 heterocycles. The number of rotatable bonds is 4. The smallest absolute Gasteiger partial charge is 0.316 e. The second-order valence-electron chi connectivity index (χ2n) is 11.1. The molecule has 6 rings (SSSR count). The lowest BCUT2D eigenvalue weighted by molar-refractivity contribution is -0.139. The highest BCUT2D eigenvalue weighted by Crippen LogP contribution is 2.60. The van der Waals surface area contributed by atoms with Gasteiger partial charge in [-0.05, 0) is 74.4 Å². The molecule has 2 aromatic carbocycles. The van der Waals surface area contributed by atoms with Gasteiger partial charge in [0.25, 0.3) is 0 Å². The number of benzene rings is 2. The molecule has 7 nitrogen and oxygen atoms in total. The Hall–Kier alpha value is -2.52. The molecule has 0 radical (unpaired) electrons. The van der Waals surface area contributed by atoms with E-state index >= 15 is 0 Å². The van der Waals surface area contributed by atoms with Gasteiger partial charge < -0.3 is 9.64 Å². The van der Waals surface area contributed by atoms with Crippen molar-refractivity contribution in [1.29, 1.82) is 0 Å². The molecule has 0 unspecified atom stereocenters. The van der Waals surface area contributed by atoms with Crippen molar-refractivity contribution in [3.63, 3.8) is 0 Å². The van der Waals surface area contributed by atoms with E-state index in [1.54, 1.807) is 30.0 Å². The van der Waals surface area contributed by atoms with Crippen LogP contribution in [0.5, 0.6) is 5.75 Å². The molecule has 0 spiro atoms. The zero-order chi connectivity index (χ0) is 27.0. The number of aryl methyl sites for hydroxylation is 3. The van der Waals surface area contributed by atoms with Gasteiger partial charge in [-0.2, -0.15) is 0 Å². The summed E-state index contributed by atoms with van der Waals surface area (Å²) in [5, 5.41) is 0. The van der Waals surface area contributed by atoms with Crippen LogP contribution in [0, 0.1) is 50.4 Å². The molecule has 2 aliphatic heterocycles. The monoisotopic (exact) mass is 642 g/mol. The maximum Gasteiger partial charge on any atom is 0.316 e. The van der Waals surface area contributed by atoms with E-state index in [2.05, 4.69) is 31.9 Å². The highest BCUT2D eigenvalue weighted by Gasteiger charge is 2.66. The predicted octanol–water partition coefficient (Wildman–Crippen LogP) is 4.85. The molecule has 0 aromatic heterocycles. The predicted molar refractivity (Wildman–Crippen MR) is 150 cm³/mol. The van der Waals surface area contributed by atoms with Crippen molar-refractivity contribution in [3.8, 4) is 5.75 Å². The molecule has 2 aliphatic carbocycles. The summed E-state index contributed by atoms with van der Waals surface area (Å²) >= 11 is 7.44. The molecule has 2 bridgehead atoms. The van der Waals surface area contributed by atoms with Crippen molar-refractivity contribution >= 4 is 66.9 Å². The first-order valence-corrected chi connectivity index (χ1v) is 14.8. The standard InChI is InChI=1S/C29H28Br2N2O5/c1-13-4-6-20(14(2)8-13)32-12-16(10-22(32)34)29(37)38-17-5-7-21(15(3)9-17)33-27(35)23-18-11-19(24(23)28(33)36)26(31)25(18)30/h4-9,16,18-19,23-26H,10-12H2,1-3H3/t16-,18-,19-,23-,24-,25+,26+/m1/s1. The van der Waals surface area contributed by atoms with E-state index in [9.17, 15) is 19.2 Å². The maximum absolute atomic E-state index is 13.4. The molecular formula is C29H28Br2N2O5. The van der Waals surface area contributed by atoms with E-state index in [-0.39, 0.29) is 64.0 Å². The summed E-state index contributed by atoms with van der Waals surface area (Å²) in [7, 11) is 0. The van der Waals surface area contributed by atoms with Gasteiger partial charge in [0, 0.05) is 28.3 Å². The highest BCUT2D eigenvalue weighted by molar-refractivity contribution is 9.12. The fourth-order valence-electron chi connectivity index (χ4n) is 6.93. The number of amides is 3. The van der Waals surface area contributed by atoms with Crippen molar-refractivity contribution in [2.75, 3.05) is 16.3 Å². The van der Waals surface area contributed by atoms with Crippen LogP contribution in [0.3, 0.4) is 0 Å². The Morgan fingerprint density at radius 2 is 1.47 bits per heavy atom. The molecule has 3 amide bonds. The van der Waals surface area contributed by atoms with Crippen LogP contribution < -0.4 is 14.5 Å². The number of hydrogen-bond donors (Lipinski definition) is 0. The first-order chi connectivity index (χ1) is 18.1. The average Bonchev–Trinajstić information content (AvgIpc) is 3.58. The van der Waals surface area contributed by atoms with Gasteiger partial charge in [-0.3, -0.25) is 19.2 Å². The first-order valence-electron chi connectivity index (χ1n) is 12.9. The topological polar surface area (TPSA) is 84.0 Å². The number of nitrogens with zero attached hydrogens (tertiary/aromatic N) is 2. The van der Waals surface area contributed by atoms with E-state index in [1.807, 2.05) is 32.0 Å². The number of alkyl halides is 2. The van der Waals surface area contributed by atoms with Gasteiger partial charge in [0.2, 0.25) is 17.7 Å². The van der Waals surface area contributed by atoms with Crippen molar-refractivity contribution in [1.82, 2.24) is 0 Å². The number of ether oxygens (including phenoxy) is 1. The molecule has 4 fully saturated rings. The van der Waals surface area contributed by atoms with Gasteiger partial charge in [-0.25, -0.2) is 4.90 Å². The van der Waals surface area contributed by atoms with Gasteiger partial charge in [0.05, 0.1) is 23.4 Å². The minimum atomic E-state index is -0.575. The molecule has 38 heavy (non-hydrogen) atoms. The number of hydrogen-bond acceptors (Lipinski definition) is 5. The Kier molecular flexibility index (Phi) is 6.30. The molecule has 2 aromatic rings. The summed E-state index contributed by atoms with van der Waals surface area (Å²) < 4.78 is 5.66. The largest absolute Gasteiger partial charge is 0.426 e. The quantitative estimate of drug-likeness (QED) is 0.206. The lowest BCUT2D eigenvalue weighted by Gasteiger charge is -2.28. The van der Waals surface area contributed by atoms with Crippen LogP contribution in [0.4, 0.5) is 11.4 Å². The van der Waals surface area contributed by atoms with Gasteiger partial charge in [-0.15, -0.1) is 0 Å². The minimum Gasteiger partial charge on any atom is -0.426 e. The van der Waals surface area contributed by atoms with Crippen LogP contribution >= 0.6 is 31.9 Å². The molecular weight excluding hydrogens is 616 g/mol. The number of carbonyl (C=O) groups excluding carboxylic acids is 4. The number of imide groups is 1. The zero-order valence-electron chi connectivity index (χ0n) is 21.3. The number of anilines is 2. The van der Waals surface area contributed by atoms with Gasteiger partial charge in [-0.1, -0.05) is 49.6 Å². The number of carbonyl (C=O) groups is 4. The van der Waals surface area contributed by atoms with Crippen LogP contribution in [-0.4, -0.2) is 39.9 Å². The number of halogens is 2. The highest BCUT2D eigenvalue weighted by atomic mass is 79.9. The summed E-state index contributed by atoms with van der Waals surface area (Å²) in [6.07, 6.45) is 0.971. The third kappa shape index (κ3) is 3.87. The Bertz CT molecular complexity index is 1360. The maximum atomic E-state index is 13.4. The van der Waals surface area contributed by atoms with Crippen molar-refractivity contribution in [2.24, 2.45) is 29.6 Å². The molecule has 2 saturated carbocycles. The minimum absolute atomic E-state index is 0.0915. The summed E-state index contributed by atoms with van der Waals surface area (Å²) in [5.41, 5.74) is 4.12. The summed E-state index contributed by atoms with van der Waals surface area (Å²) in [4.78, 5) is 55.8. The van der Waals surface area contributed by atoms with Crippen LogP contribution in [0.25, 0.3) is 0 Å². The van der Waals surface area contributed by atoms with E-state index in [0.717, 1.165) is 23.2 Å². The van der Waals surface area contributed by atoms with Gasteiger partial charge in [0.1, 0.15) is 5.75 Å². The normalized spacial score (nSPS) is 31.9. The van der Waals surface area contributed by atoms with Gasteiger partial charge >= 0.3 is 5.97 Å². The molecule has 2 saturated heterocycles. The average molecular weight is 644 g/mol. The van der Waals surface area contributed by atoms with Crippen molar-refractivity contribution < 1.29 is 23.9 Å². The van der Waals surface area contributed by atoms with E-state index in [4.69, 9.17) is 4.74 Å². The number of esters is 1. The third-order valence-corrected chi connectivity index (χ3v) is 11.9.